The summed E-state index contributed by atoms with van der Waals surface area (Å²) in [6.45, 7) is 2.60. The third-order valence-corrected chi connectivity index (χ3v) is 4.15. The van der Waals surface area contributed by atoms with Gasteiger partial charge < -0.3 is 9.47 Å². The minimum absolute atomic E-state index is 0.0735. The molecule has 0 radical (unpaired) electrons. The highest BCUT2D eigenvalue weighted by atomic mass is 16.2. The van der Waals surface area contributed by atoms with Crippen LogP contribution < -0.4 is 0 Å². The zero-order chi connectivity index (χ0) is 16.4. The largest absolute Gasteiger partial charge is 0.333 e. The Balaban J connectivity index is 1.60. The van der Waals surface area contributed by atoms with Crippen LogP contribution in [0, 0.1) is 5.92 Å². The van der Waals surface area contributed by atoms with Crippen LogP contribution in [-0.2, 0) is 19.6 Å². The van der Waals surface area contributed by atoms with Gasteiger partial charge in [0, 0.05) is 44.1 Å². The Morgan fingerprint density at radius 1 is 1.21 bits per heavy atom. The van der Waals surface area contributed by atoms with E-state index >= 15 is 0 Å². The van der Waals surface area contributed by atoms with Crippen molar-refractivity contribution in [2.75, 3.05) is 6.54 Å². The van der Waals surface area contributed by atoms with Gasteiger partial charge in [-0.2, -0.15) is 5.10 Å². The van der Waals surface area contributed by atoms with Crippen molar-refractivity contribution >= 4 is 5.91 Å². The van der Waals surface area contributed by atoms with Crippen molar-refractivity contribution in [3.63, 3.8) is 0 Å². The number of imidazole rings is 1. The van der Waals surface area contributed by atoms with Gasteiger partial charge in [-0.05, 0) is 12.1 Å². The minimum Gasteiger partial charge on any atom is -0.333 e. The molecule has 0 fully saturated rings. The van der Waals surface area contributed by atoms with E-state index in [4.69, 9.17) is 0 Å². The first-order valence-corrected chi connectivity index (χ1v) is 7.82. The molecule has 1 aliphatic heterocycles. The van der Waals surface area contributed by atoms with E-state index < -0.39 is 0 Å². The molecule has 8 nitrogen and oxygen atoms in total. The Bertz CT molecular complexity index is 812. The molecule has 0 bridgehead atoms. The van der Waals surface area contributed by atoms with Gasteiger partial charge in [-0.25, -0.2) is 9.97 Å². The van der Waals surface area contributed by atoms with Crippen molar-refractivity contribution in [2.24, 2.45) is 5.92 Å². The molecule has 1 amide bonds. The molecule has 122 valence electrons. The number of carbonyl (C=O) groups excluding carboxylic acids is 1. The number of hydrogen-bond acceptors (Lipinski definition) is 5. The Hall–Kier alpha value is -3.03. The first kappa shape index (κ1) is 14.6. The quantitative estimate of drug-likeness (QED) is 0.713. The van der Waals surface area contributed by atoms with Gasteiger partial charge in [0.25, 0.3) is 5.91 Å². The summed E-state index contributed by atoms with van der Waals surface area (Å²) in [5, 5.41) is 4.18. The molecule has 3 aromatic rings. The molecular weight excluding hydrogens is 306 g/mol. The van der Waals surface area contributed by atoms with Gasteiger partial charge in [0.1, 0.15) is 24.2 Å². The van der Waals surface area contributed by atoms with Crippen LogP contribution in [0.1, 0.15) is 16.3 Å². The fraction of sp³-hybridized carbons (Fsp3) is 0.312. The van der Waals surface area contributed by atoms with Gasteiger partial charge in [0.15, 0.2) is 0 Å². The summed E-state index contributed by atoms with van der Waals surface area (Å²) in [5.41, 5.74) is 0.456. The highest BCUT2D eigenvalue weighted by molar-refractivity contribution is 5.92. The molecule has 1 unspecified atom stereocenters. The van der Waals surface area contributed by atoms with Crippen molar-refractivity contribution in [3.05, 3.63) is 61.0 Å². The van der Waals surface area contributed by atoms with Crippen molar-refractivity contribution in [2.45, 2.75) is 19.6 Å². The van der Waals surface area contributed by atoms with Crippen LogP contribution in [0.3, 0.4) is 0 Å². The van der Waals surface area contributed by atoms with Gasteiger partial charge in [0.2, 0.25) is 0 Å². The molecule has 0 saturated heterocycles. The van der Waals surface area contributed by atoms with E-state index in [-0.39, 0.29) is 11.8 Å². The molecular formula is C16H17N7O. The van der Waals surface area contributed by atoms with Crippen LogP contribution in [0.4, 0.5) is 0 Å². The van der Waals surface area contributed by atoms with Crippen LogP contribution in [-0.4, -0.2) is 46.7 Å². The summed E-state index contributed by atoms with van der Waals surface area (Å²) in [4.78, 5) is 27.2. The van der Waals surface area contributed by atoms with Crippen molar-refractivity contribution in [1.82, 2.24) is 34.2 Å². The SMILES string of the molecule is O=C(c1ccccn1)N1Cc2nccn2CC(Cn2cncn2)C1. The van der Waals surface area contributed by atoms with E-state index in [2.05, 4.69) is 24.6 Å². The highest BCUT2D eigenvalue weighted by Gasteiger charge is 2.27. The Kier molecular flexibility index (Phi) is 3.78. The maximum atomic E-state index is 12.8. The minimum atomic E-state index is -0.0735. The lowest BCUT2D eigenvalue weighted by molar-refractivity contribution is 0.0706. The summed E-state index contributed by atoms with van der Waals surface area (Å²) < 4.78 is 3.91. The molecule has 0 saturated carbocycles. The van der Waals surface area contributed by atoms with E-state index in [1.807, 2.05) is 17.2 Å². The molecule has 0 aliphatic carbocycles. The third kappa shape index (κ3) is 2.90. The number of carbonyl (C=O) groups is 1. The van der Waals surface area contributed by atoms with Crippen LogP contribution in [0.25, 0.3) is 0 Å². The van der Waals surface area contributed by atoms with Crippen LogP contribution in [0.5, 0.6) is 0 Å². The van der Waals surface area contributed by atoms with Gasteiger partial charge in [-0.3, -0.25) is 14.5 Å². The monoisotopic (exact) mass is 323 g/mol. The van der Waals surface area contributed by atoms with Gasteiger partial charge >= 0.3 is 0 Å². The molecule has 4 rings (SSSR count). The fourth-order valence-electron chi connectivity index (χ4n) is 3.05. The average molecular weight is 323 g/mol. The van der Waals surface area contributed by atoms with E-state index in [1.165, 1.54) is 6.33 Å². The molecule has 24 heavy (non-hydrogen) atoms. The van der Waals surface area contributed by atoms with Gasteiger partial charge in [-0.15, -0.1) is 0 Å². The predicted octanol–water partition coefficient (Wildman–Crippen LogP) is 0.842. The molecule has 1 atom stereocenters. The third-order valence-electron chi connectivity index (χ3n) is 4.15. The molecule has 1 aliphatic rings. The fourth-order valence-corrected chi connectivity index (χ4v) is 3.05. The second-order valence-electron chi connectivity index (χ2n) is 5.88. The molecule has 0 aromatic carbocycles. The van der Waals surface area contributed by atoms with E-state index in [0.29, 0.717) is 25.3 Å². The summed E-state index contributed by atoms with van der Waals surface area (Å²) in [6.07, 6.45) is 8.59. The van der Waals surface area contributed by atoms with E-state index in [9.17, 15) is 4.79 Å². The Morgan fingerprint density at radius 2 is 2.17 bits per heavy atom. The molecule has 8 heteroatoms. The molecule has 4 heterocycles. The maximum absolute atomic E-state index is 12.8. The second kappa shape index (κ2) is 6.23. The van der Waals surface area contributed by atoms with Crippen LogP contribution in [0.15, 0.2) is 49.4 Å². The first-order chi connectivity index (χ1) is 11.8. The smallest absolute Gasteiger partial charge is 0.272 e. The van der Waals surface area contributed by atoms with E-state index in [1.54, 1.807) is 35.5 Å². The lowest BCUT2D eigenvalue weighted by atomic mass is 10.1. The number of fused-ring (bicyclic) bond motifs is 1. The molecule has 3 aromatic heterocycles. The van der Waals surface area contributed by atoms with E-state index in [0.717, 1.165) is 12.4 Å². The lowest BCUT2D eigenvalue weighted by Crippen LogP contribution is -2.35. The van der Waals surface area contributed by atoms with Crippen LogP contribution >= 0.6 is 0 Å². The molecule has 0 N–H and O–H groups in total. The zero-order valence-electron chi connectivity index (χ0n) is 13.1. The summed E-state index contributed by atoms with van der Waals surface area (Å²) in [7, 11) is 0. The normalized spacial score (nSPS) is 17.3. The highest BCUT2D eigenvalue weighted by Crippen LogP contribution is 2.18. The number of aromatic nitrogens is 6. The van der Waals surface area contributed by atoms with Crippen molar-refractivity contribution in [3.8, 4) is 0 Å². The zero-order valence-corrected chi connectivity index (χ0v) is 13.1. The van der Waals surface area contributed by atoms with Gasteiger partial charge in [-0.1, -0.05) is 6.07 Å². The number of nitrogens with zero attached hydrogens (tertiary/aromatic N) is 7. The summed E-state index contributed by atoms with van der Waals surface area (Å²) in [5.74, 6) is 1.03. The number of pyridine rings is 1. The summed E-state index contributed by atoms with van der Waals surface area (Å²) >= 11 is 0. The molecule has 0 spiro atoms. The van der Waals surface area contributed by atoms with Crippen molar-refractivity contribution < 1.29 is 4.79 Å². The first-order valence-electron chi connectivity index (χ1n) is 7.82. The lowest BCUT2D eigenvalue weighted by Gasteiger charge is -2.23. The van der Waals surface area contributed by atoms with Crippen LogP contribution in [0.2, 0.25) is 0 Å². The number of hydrogen-bond donors (Lipinski definition) is 0. The van der Waals surface area contributed by atoms with Crippen molar-refractivity contribution in [1.29, 1.82) is 0 Å². The Morgan fingerprint density at radius 3 is 2.96 bits per heavy atom. The topological polar surface area (TPSA) is 81.7 Å². The maximum Gasteiger partial charge on any atom is 0.272 e. The van der Waals surface area contributed by atoms with Gasteiger partial charge in [0.05, 0.1) is 6.54 Å². The Labute approximate surface area is 138 Å². The number of rotatable bonds is 3. The second-order valence-corrected chi connectivity index (χ2v) is 5.88. The standard InChI is InChI=1S/C16H17N7O/c24-16(14-3-1-2-4-18-14)22-8-13(9-23-12-17-11-20-23)7-21-6-5-19-15(21)10-22/h1-6,11-13H,7-10H2. The average Bonchev–Trinajstić information content (AvgIpc) is 3.24. The summed E-state index contributed by atoms with van der Waals surface area (Å²) in [6, 6.07) is 5.37. The predicted molar refractivity (Wildman–Crippen MR) is 84.7 cm³/mol. The number of amides is 1.